The van der Waals surface area contributed by atoms with Gasteiger partial charge < -0.3 is 10.3 Å². The molecule has 3 heteroatoms. The van der Waals surface area contributed by atoms with E-state index in [-0.39, 0.29) is 0 Å². The lowest BCUT2D eigenvalue weighted by atomic mass is 9.96. The molecule has 0 aliphatic heterocycles. The molecule has 2 aromatic rings. The van der Waals surface area contributed by atoms with Crippen LogP contribution in [0.4, 0.5) is 5.88 Å². The first kappa shape index (κ1) is 10.7. The number of rotatable bonds is 2. The van der Waals surface area contributed by atoms with Crippen LogP contribution in [0.2, 0.25) is 0 Å². The van der Waals surface area contributed by atoms with E-state index in [4.69, 9.17) is 10.3 Å². The molecular weight excluding hydrogens is 200 g/mol. The van der Waals surface area contributed by atoms with Crippen molar-refractivity contribution < 1.29 is 4.52 Å². The summed E-state index contributed by atoms with van der Waals surface area (Å²) in [7, 11) is 0. The van der Waals surface area contributed by atoms with Gasteiger partial charge in [-0.2, -0.15) is 0 Å². The van der Waals surface area contributed by atoms with Crippen molar-refractivity contribution in [1.82, 2.24) is 5.16 Å². The molecule has 16 heavy (non-hydrogen) atoms. The smallest absolute Gasteiger partial charge is 0.230 e. The van der Waals surface area contributed by atoms with E-state index in [0.717, 1.165) is 16.8 Å². The zero-order valence-electron chi connectivity index (χ0n) is 9.82. The second-order valence-electron chi connectivity index (χ2n) is 4.28. The van der Waals surface area contributed by atoms with E-state index in [1.165, 1.54) is 5.56 Å². The van der Waals surface area contributed by atoms with Crippen LogP contribution in [0.5, 0.6) is 0 Å². The Kier molecular flexibility index (Phi) is 2.69. The highest BCUT2D eigenvalue weighted by Gasteiger charge is 2.19. The van der Waals surface area contributed by atoms with Gasteiger partial charge in [0.2, 0.25) is 5.88 Å². The maximum Gasteiger partial charge on any atom is 0.230 e. The largest absolute Gasteiger partial charge is 0.367 e. The molecule has 2 rings (SSSR count). The first-order chi connectivity index (χ1) is 7.61. The average Bonchev–Trinajstić information content (AvgIpc) is 2.61. The van der Waals surface area contributed by atoms with Crippen molar-refractivity contribution in [2.24, 2.45) is 0 Å². The van der Waals surface area contributed by atoms with E-state index in [1.807, 2.05) is 18.2 Å². The van der Waals surface area contributed by atoms with E-state index in [1.54, 1.807) is 0 Å². The molecule has 0 unspecified atom stereocenters. The molecule has 1 aromatic carbocycles. The predicted octanol–water partition coefficient (Wildman–Crippen LogP) is 3.36. The quantitative estimate of drug-likeness (QED) is 0.837. The Morgan fingerprint density at radius 3 is 2.56 bits per heavy atom. The molecule has 0 amide bonds. The number of nitrogens with zero attached hydrogens (tertiary/aromatic N) is 1. The Hall–Kier alpha value is -1.77. The molecule has 1 heterocycles. The minimum atomic E-state index is 0.302. The Balaban J connectivity index is 2.64. The second-order valence-corrected chi connectivity index (χ2v) is 4.28. The van der Waals surface area contributed by atoms with Crippen molar-refractivity contribution >= 4 is 5.88 Å². The van der Waals surface area contributed by atoms with E-state index >= 15 is 0 Å². The summed E-state index contributed by atoms with van der Waals surface area (Å²) >= 11 is 0. The van der Waals surface area contributed by atoms with Gasteiger partial charge in [0, 0.05) is 0 Å². The van der Waals surface area contributed by atoms with E-state index in [9.17, 15) is 0 Å². The molecule has 0 spiro atoms. The van der Waals surface area contributed by atoms with Crippen molar-refractivity contribution in [1.29, 1.82) is 0 Å². The fraction of sp³-hybridized carbons (Fsp3) is 0.308. The lowest BCUT2D eigenvalue weighted by Gasteiger charge is -2.07. The summed E-state index contributed by atoms with van der Waals surface area (Å²) in [6.45, 7) is 6.23. The van der Waals surface area contributed by atoms with E-state index < -0.39 is 0 Å². The third-order valence-electron chi connectivity index (χ3n) is 2.71. The highest BCUT2D eigenvalue weighted by molar-refractivity contribution is 5.77. The van der Waals surface area contributed by atoms with Crippen LogP contribution in [0.3, 0.4) is 0 Å². The van der Waals surface area contributed by atoms with Crippen LogP contribution in [-0.4, -0.2) is 5.16 Å². The maximum atomic E-state index is 5.85. The molecule has 1 aromatic heterocycles. The molecule has 0 saturated carbocycles. The molecule has 0 fully saturated rings. The minimum absolute atomic E-state index is 0.302. The minimum Gasteiger partial charge on any atom is -0.367 e. The van der Waals surface area contributed by atoms with Gasteiger partial charge in [-0.15, -0.1) is 0 Å². The van der Waals surface area contributed by atoms with Gasteiger partial charge in [-0.05, 0) is 24.0 Å². The summed E-state index contributed by atoms with van der Waals surface area (Å²) in [6.07, 6.45) is 0. The predicted molar refractivity (Wildman–Crippen MR) is 65.2 cm³/mol. The van der Waals surface area contributed by atoms with Crippen molar-refractivity contribution in [3.63, 3.8) is 0 Å². The van der Waals surface area contributed by atoms with E-state index in [2.05, 4.69) is 32.0 Å². The van der Waals surface area contributed by atoms with Gasteiger partial charge in [0.1, 0.15) is 0 Å². The summed E-state index contributed by atoms with van der Waals surface area (Å²) in [5.41, 5.74) is 9.99. The number of hydrogen-bond acceptors (Lipinski definition) is 3. The molecule has 84 valence electrons. The van der Waals surface area contributed by atoms with Gasteiger partial charge >= 0.3 is 0 Å². The lowest BCUT2D eigenvalue weighted by Crippen LogP contribution is -1.94. The Labute approximate surface area is 95.3 Å². The third kappa shape index (κ3) is 1.69. The van der Waals surface area contributed by atoms with Crippen molar-refractivity contribution in [2.75, 3.05) is 5.73 Å². The zero-order chi connectivity index (χ0) is 11.7. The normalized spacial score (nSPS) is 11.0. The topological polar surface area (TPSA) is 52.0 Å². The highest BCUT2D eigenvalue weighted by atomic mass is 16.5. The fourth-order valence-corrected chi connectivity index (χ4v) is 1.83. The number of aryl methyl sites for hydroxylation is 1. The van der Waals surface area contributed by atoms with Crippen LogP contribution in [0.15, 0.2) is 28.8 Å². The van der Waals surface area contributed by atoms with Gasteiger partial charge in [0.05, 0.1) is 11.3 Å². The third-order valence-corrected chi connectivity index (χ3v) is 2.71. The van der Waals surface area contributed by atoms with Crippen LogP contribution < -0.4 is 5.73 Å². The monoisotopic (exact) mass is 216 g/mol. The van der Waals surface area contributed by atoms with Gasteiger partial charge in [-0.25, -0.2) is 0 Å². The molecule has 0 aliphatic rings. The molecule has 3 nitrogen and oxygen atoms in total. The molecule has 0 bridgehead atoms. The van der Waals surface area contributed by atoms with E-state index in [0.29, 0.717) is 11.8 Å². The molecule has 0 radical (unpaired) electrons. The summed E-state index contributed by atoms with van der Waals surface area (Å²) in [5, 5.41) is 4.03. The van der Waals surface area contributed by atoms with Gasteiger partial charge in [-0.1, -0.05) is 43.3 Å². The standard InChI is InChI=1S/C13H16N2O/c1-8(2)12-11(13(14)16-15-12)10-7-5-4-6-9(10)3/h4-8H,14H2,1-3H3. The molecule has 0 atom stereocenters. The summed E-state index contributed by atoms with van der Waals surface area (Å²) in [6, 6.07) is 8.12. The van der Waals surface area contributed by atoms with Crippen LogP contribution >= 0.6 is 0 Å². The number of nitrogen functional groups attached to an aromatic ring is 1. The van der Waals surface area contributed by atoms with Crippen molar-refractivity contribution in [3.05, 3.63) is 35.5 Å². The first-order valence-electron chi connectivity index (χ1n) is 5.42. The van der Waals surface area contributed by atoms with Gasteiger partial charge in [-0.3, -0.25) is 0 Å². The number of hydrogen-bond donors (Lipinski definition) is 1. The summed E-state index contributed by atoms with van der Waals surface area (Å²) in [4.78, 5) is 0. The number of benzene rings is 1. The second kappa shape index (κ2) is 4.00. The van der Waals surface area contributed by atoms with Crippen molar-refractivity contribution in [3.8, 4) is 11.1 Å². The zero-order valence-corrected chi connectivity index (χ0v) is 9.82. The Morgan fingerprint density at radius 1 is 1.25 bits per heavy atom. The van der Waals surface area contributed by atoms with Crippen LogP contribution in [0.1, 0.15) is 31.0 Å². The number of anilines is 1. The van der Waals surface area contributed by atoms with Crippen molar-refractivity contribution in [2.45, 2.75) is 26.7 Å². The van der Waals surface area contributed by atoms with Crippen LogP contribution in [-0.2, 0) is 0 Å². The Bertz CT molecular complexity index is 500. The first-order valence-corrected chi connectivity index (χ1v) is 5.42. The number of nitrogens with two attached hydrogens (primary N) is 1. The highest BCUT2D eigenvalue weighted by Crippen LogP contribution is 2.35. The fourth-order valence-electron chi connectivity index (χ4n) is 1.83. The van der Waals surface area contributed by atoms with Gasteiger partial charge in [0.25, 0.3) is 0 Å². The van der Waals surface area contributed by atoms with Gasteiger partial charge in [0.15, 0.2) is 0 Å². The summed E-state index contributed by atoms with van der Waals surface area (Å²) < 4.78 is 5.09. The van der Waals surface area contributed by atoms with Crippen LogP contribution in [0.25, 0.3) is 11.1 Å². The number of aromatic nitrogens is 1. The maximum absolute atomic E-state index is 5.85. The SMILES string of the molecule is Cc1ccccc1-c1c(C(C)C)noc1N. The average molecular weight is 216 g/mol. The molecule has 2 N–H and O–H groups in total. The molecular formula is C13H16N2O. The molecule has 0 saturated heterocycles. The Morgan fingerprint density at radius 2 is 1.94 bits per heavy atom. The molecule has 0 aliphatic carbocycles. The summed E-state index contributed by atoms with van der Waals surface area (Å²) in [5.74, 6) is 0.702. The lowest BCUT2D eigenvalue weighted by molar-refractivity contribution is 0.424. The van der Waals surface area contributed by atoms with Crippen LogP contribution in [0, 0.1) is 6.92 Å².